The predicted molar refractivity (Wildman–Crippen MR) is 138 cm³/mol. The Morgan fingerprint density at radius 2 is 2.18 bits per heavy atom. The van der Waals surface area contributed by atoms with E-state index < -0.39 is 0 Å². The summed E-state index contributed by atoms with van der Waals surface area (Å²) in [7, 11) is 2.31. The minimum absolute atomic E-state index is 0.0827. The van der Waals surface area contributed by atoms with Gasteiger partial charge in [-0.15, -0.1) is 0 Å². The summed E-state index contributed by atoms with van der Waals surface area (Å²) in [5, 5.41) is 7.53. The maximum atomic E-state index is 12.7. The standard InChI is InChI=1S/C28H39N3O2S/c1-18-29-23-17-34-25(27(23)30-18)8-3-4-9-26(32)33-20-11-10-19-15-24-21-7-5-6-12-28(21,22(19)16-20)13-14-31(24)2/h10-11,16,21,23-25,27,29-30H,1,3-9,12-15,17H2,2H3/t21-,23?,24+,25?,27?,28+/m0/s1. The second-order valence-corrected chi connectivity index (χ2v) is 12.6. The zero-order valence-electron chi connectivity index (χ0n) is 20.5. The second kappa shape index (κ2) is 9.09. The first kappa shape index (κ1) is 22.8. The third kappa shape index (κ3) is 3.95. The Hall–Kier alpha value is -1.66. The molecule has 1 aromatic carbocycles. The van der Waals surface area contributed by atoms with Crippen LogP contribution in [-0.2, 0) is 16.6 Å². The van der Waals surface area contributed by atoms with E-state index in [0.29, 0.717) is 35.2 Å². The average molecular weight is 482 g/mol. The fourth-order valence-corrected chi connectivity index (χ4v) is 9.33. The summed E-state index contributed by atoms with van der Waals surface area (Å²) in [6, 6.07) is 8.21. The highest BCUT2D eigenvalue weighted by Crippen LogP contribution is 2.56. The molecule has 3 saturated heterocycles. The molecule has 5 nitrogen and oxygen atoms in total. The highest BCUT2D eigenvalue weighted by Gasteiger charge is 2.53. The molecule has 34 heavy (non-hydrogen) atoms. The number of likely N-dealkylation sites (N-methyl/N-ethyl adjacent to an activating group) is 1. The van der Waals surface area contributed by atoms with Crippen LogP contribution in [-0.4, -0.2) is 53.6 Å². The first-order valence-corrected chi connectivity index (χ1v) is 14.5. The number of nitrogens with one attached hydrogen (secondary N) is 2. The Bertz CT molecular complexity index is 967. The number of esters is 1. The molecular formula is C28H39N3O2S. The second-order valence-electron chi connectivity index (χ2n) is 11.3. The minimum Gasteiger partial charge on any atom is -0.427 e. The largest absolute Gasteiger partial charge is 0.427 e. The van der Waals surface area contributed by atoms with E-state index in [1.165, 1.54) is 49.8 Å². The van der Waals surface area contributed by atoms with E-state index in [1.54, 1.807) is 0 Å². The lowest BCUT2D eigenvalue weighted by molar-refractivity contribution is -0.134. The number of hydrogen-bond acceptors (Lipinski definition) is 6. The van der Waals surface area contributed by atoms with Crippen molar-refractivity contribution in [1.29, 1.82) is 0 Å². The van der Waals surface area contributed by atoms with Gasteiger partial charge < -0.3 is 20.3 Å². The Kier molecular flexibility index (Phi) is 6.09. The molecule has 2 aliphatic carbocycles. The molecule has 184 valence electrons. The van der Waals surface area contributed by atoms with Crippen molar-refractivity contribution in [2.45, 2.75) is 93.0 Å². The predicted octanol–water partition coefficient (Wildman–Crippen LogP) is 4.36. The number of carbonyl (C=O) groups is 1. The summed E-state index contributed by atoms with van der Waals surface area (Å²) in [5.41, 5.74) is 3.29. The molecule has 1 saturated carbocycles. The van der Waals surface area contributed by atoms with Crippen molar-refractivity contribution >= 4 is 17.7 Å². The van der Waals surface area contributed by atoms with Crippen LogP contribution >= 0.6 is 11.8 Å². The summed E-state index contributed by atoms with van der Waals surface area (Å²) in [6.07, 6.45) is 11.3. The quantitative estimate of drug-likeness (QED) is 0.358. The number of carbonyl (C=O) groups excluding carboxylic acids is 1. The Morgan fingerprint density at radius 1 is 1.26 bits per heavy atom. The molecular weight excluding hydrogens is 442 g/mol. The molecule has 0 radical (unpaired) electrons. The zero-order valence-corrected chi connectivity index (χ0v) is 21.3. The maximum absolute atomic E-state index is 12.7. The van der Waals surface area contributed by atoms with Gasteiger partial charge in [0.15, 0.2) is 0 Å². The van der Waals surface area contributed by atoms with Crippen molar-refractivity contribution in [3.8, 4) is 5.75 Å². The van der Waals surface area contributed by atoms with Gasteiger partial charge >= 0.3 is 5.97 Å². The maximum Gasteiger partial charge on any atom is 0.311 e. The van der Waals surface area contributed by atoms with Gasteiger partial charge in [0.25, 0.3) is 0 Å². The first-order chi connectivity index (χ1) is 16.5. The van der Waals surface area contributed by atoms with Crippen LogP contribution in [0.15, 0.2) is 30.6 Å². The lowest BCUT2D eigenvalue weighted by Crippen LogP contribution is -2.59. The van der Waals surface area contributed by atoms with Crippen molar-refractivity contribution in [3.05, 3.63) is 41.7 Å². The molecule has 1 aromatic rings. The number of likely N-dealkylation sites (tertiary alicyclic amines) is 1. The number of unbranched alkanes of at least 4 members (excludes halogenated alkanes) is 1. The van der Waals surface area contributed by atoms with Crippen LogP contribution in [0.5, 0.6) is 5.75 Å². The molecule has 6 atom stereocenters. The van der Waals surface area contributed by atoms with Gasteiger partial charge in [0.05, 0.1) is 17.9 Å². The number of nitrogens with zero attached hydrogens (tertiary/aromatic N) is 1. The third-order valence-electron chi connectivity index (χ3n) is 9.46. The fraction of sp³-hybridized carbons (Fsp3) is 0.679. The molecule has 2 N–H and O–H groups in total. The molecule has 2 bridgehead atoms. The van der Waals surface area contributed by atoms with Crippen LogP contribution in [0, 0.1) is 5.92 Å². The summed E-state index contributed by atoms with van der Waals surface area (Å²) in [6.45, 7) is 5.19. The number of piperidine rings is 1. The van der Waals surface area contributed by atoms with Gasteiger partial charge in [-0.2, -0.15) is 11.8 Å². The third-order valence-corrected chi connectivity index (χ3v) is 11.0. The van der Waals surface area contributed by atoms with E-state index in [0.717, 1.165) is 48.9 Å². The van der Waals surface area contributed by atoms with Crippen molar-refractivity contribution in [3.63, 3.8) is 0 Å². The molecule has 4 fully saturated rings. The SMILES string of the molecule is C=C1NC2CSC(CCCCC(=O)Oc3ccc4c(c3)[C@@]35CCCC[C@H]3[C@@H](C4)N(C)CC5)C2N1. The van der Waals surface area contributed by atoms with Crippen LogP contribution in [0.4, 0.5) is 0 Å². The van der Waals surface area contributed by atoms with E-state index >= 15 is 0 Å². The van der Waals surface area contributed by atoms with Gasteiger partial charge in [0.2, 0.25) is 0 Å². The van der Waals surface area contributed by atoms with Crippen molar-refractivity contribution < 1.29 is 9.53 Å². The van der Waals surface area contributed by atoms with E-state index in [1.807, 2.05) is 17.8 Å². The highest BCUT2D eigenvalue weighted by atomic mass is 32.2. The molecule has 0 amide bonds. The van der Waals surface area contributed by atoms with Crippen LogP contribution in [0.25, 0.3) is 0 Å². The lowest BCUT2D eigenvalue weighted by atomic mass is 9.52. The molecule has 3 aliphatic heterocycles. The molecule has 3 unspecified atom stereocenters. The van der Waals surface area contributed by atoms with Crippen LogP contribution in [0.3, 0.4) is 0 Å². The van der Waals surface area contributed by atoms with Gasteiger partial charge in [-0.1, -0.05) is 31.9 Å². The summed E-state index contributed by atoms with van der Waals surface area (Å²) in [4.78, 5) is 15.3. The summed E-state index contributed by atoms with van der Waals surface area (Å²) in [5.74, 6) is 3.53. The van der Waals surface area contributed by atoms with E-state index in [4.69, 9.17) is 4.74 Å². The van der Waals surface area contributed by atoms with Gasteiger partial charge in [0, 0.05) is 28.9 Å². The van der Waals surface area contributed by atoms with E-state index in [2.05, 4.69) is 41.3 Å². The monoisotopic (exact) mass is 481 g/mol. The molecule has 0 aromatic heterocycles. The Balaban J connectivity index is 1.06. The van der Waals surface area contributed by atoms with E-state index in [-0.39, 0.29) is 5.97 Å². The van der Waals surface area contributed by atoms with Crippen LogP contribution in [0.1, 0.15) is 68.9 Å². The average Bonchev–Trinajstić information content (AvgIpc) is 3.38. The summed E-state index contributed by atoms with van der Waals surface area (Å²) >= 11 is 2.04. The Morgan fingerprint density at radius 3 is 3.09 bits per heavy atom. The van der Waals surface area contributed by atoms with E-state index in [9.17, 15) is 4.79 Å². The number of thioether (sulfide) groups is 1. The number of hydrogen-bond donors (Lipinski definition) is 2. The molecule has 3 heterocycles. The van der Waals surface area contributed by atoms with Gasteiger partial charge in [-0.3, -0.25) is 4.79 Å². The molecule has 0 spiro atoms. The number of ether oxygens (including phenoxy) is 1. The van der Waals surface area contributed by atoms with Crippen molar-refractivity contribution in [2.24, 2.45) is 5.92 Å². The number of rotatable bonds is 6. The molecule has 6 heteroatoms. The number of benzene rings is 1. The Labute approximate surface area is 208 Å². The topological polar surface area (TPSA) is 53.6 Å². The molecule has 6 rings (SSSR count). The fourth-order valence-electron chi connectivity index (χ4n) is 7.78. The van der Waals surface area contributed by atoms with Crippen molar-refractivity contribution in [2.75, 3.05) is 19.3 Å². The first-order valence-electron chi connectivity index (χ1n) is 13.4. The van der Waals surface area contributed by atoms with Crippen LogP contribution < -0.4 is 15.4 Å². The van der Waals surface area contributed by atoms with Gasteiger partial charge in [-0.05, 0) is 81.3 Å². The van der Waals surface area contributed by atoms with Gasteiger partial charge in [0.1, 0.15) is 5.75 Å². The van der Waals surface area contributed by atoms with Crippen LogP contribution in [0.2, 0.25) is 0 Å². The minimum atomic E-state index is -0.0827. The highest BCUT2D eigenvalue weighted by molar-refractivity contribution is 8.00. The lowest BCUT2D eigenvalue weighted by Gasteiger charge is -2.58. The van der Waals surface area contributed by atoms with Gasteiger partial charge in [-0.25, -0.2) is 0 Å². The van der Waals surface area contributed by atoms with Crippen molar-refractivity contribution in [1.82, 2.24) is 15.5 Å². The summed E-state index contributed by atoms with van der Waals surface area (Å²) < 4.78 is 5.88. The normalized spacial score (nSPS) is 36.1. The smallest absolute Gasteiger partial charge is 0.311 e. The number of fused-ring (bicyclic) bond motifs is 2. The molecule has 5 aliphatic rings. The zero-order chi connectivity index (χ0) is 23.3.